The van der Waals surface area contributed by atoms with Gasteiger partial charge < -0.3 is 10.2 Å². The molecule has 1 aliphatic rings. The van der Waals surface area contributed by atoms with Gasteiger partial charge in [0.2, 0.25) is 0 Å². The molecule has 3 aromatic rings. The van der Waals surface area contributed by atoms with E-state index < -0.39 is 12.1 Å². The van der Waals surface area contributed by atoms with Crippen LogP contribution in [0.3, 0.4) is 0 Å². The maximum absolute atomic E-state index is 9.76. The zero-order valence-corrected chi connectivity index (χ0v) is 17.6. The molecule has 0 radical (unpaired) electrons. The summed E-state index contributed by atoms with van der Waals surface area (Å²) in [6.07, 6.45) is 0.923. The predicted molar refractivity (Wildman–Crippen MR) is 121 cm³/mol. The van der Waals surface area contributed by atoms with Crippen molar-refractivity contribution in [1.29, 1.82) is 10.5 Å². The van der Waals surface area contributed by atoms with E-state index in [9.17, 15) is 10.5 Å². The first-order chi connectivity index (χ1) is 15.1. The Morgan fingerprint density at radius 1 is 1.10 bits per heavy atom. The second-order valence-corrected chi connectivity index (χ2v) is 8.08. The van der Waals surface area contributed by atoms with Gasteiger partial charge in [0.15, 0.2) is 5.09 Å². The summed E-state index contributed by atoms with van der Waals surface area (Å²) in [5.41, 5.74) is 8.81. The second kappa shape index (κ2) is 8.93. The SMILES string of the molecule is Cc1ccc(Sc2ccc(/C=C(/C#N)C3=NN(c4ccccc4)[C@@H](N)[C@@H]3C#N)o2)cc1. The molecule has 2 heterocycles. The van der Waals surface area contributed by atoms with Gasteiger partial charge in [0, 0.05) is 11.0 Å². The largest absolute Gasteiger partial charge is 0.450 e. The number of aryl methyl sites for hydroxylation is 1. The van der Waals surface area contributed by atoms with E-state index in [0.717, 1.165) is 10.6 Å². The predicted octanol–water partition coefficient (Wildman–Crippen LogP) is 4.95. The zero-order valence-electron chi connectivity index (χ0n) is 16.8. The van der Waals surface area contributed by atoms with Crippen molar-refractivity contribution >= 4 is 29.2 Å². The number of furan rings is 1. The molecule has 0 bridgehead atoms. The van der Waals surface area contributed by atoms with Crippen LogP contribution in [0.5, 0.6) is 0 Å². The minimum absolute atomic E-state index is 0.252. The maximum atomic E-state index is 9.76. The molecule has 0 saturated carbocycles. The van der Waals surface area contributed by atoms with Gasteiger partial charge >= 0.3 is 0 Å². The summed E-state index contributed by atoms with van der Waals surface area (Å²) in [4.78, 5) is 1.06. The van der Waals surface area contributed by atoms with Gasteiger partial charge in [-0.3, -0.25) is 0 Å². The number of nitrogens with two attached hydrogens (primary N) is 1. The van der Waals surface area contributed by atoms with E-state index in [-0.39, 0.29) is 5.57 Å². The van der Waals surface area contributed by atoms with E-state index in [1.54, 1.807) is 17.2 Å². The van der Waals surface area contributed by atoms with Crippen molar-refractivity contribution in [3.05, 3.63) is 83.6 Å². The van der Waals surface area contributed by atoms with Crippen LogP contribution in [0.4, 0.5) is 5.69 Å². The van der Waals surface area contributed by atoms with Crippen molar-refractivity contribution in [3.63, 3.8) is 0 Å². The van der Waals surface area contributed by atoms with E-state index >= 15 is 0 Å². The average Bonchev–Trinajstić information content (AvgIpc) is 3.37. The van der Waals surface area contributed by atoms with E-state index in [1.165, 1.54) is 17.3 Å². The minimum Gasteiger partial charge on any atom is -0.450 e. The average molecular weight is 426 g/mol. The lowest BCUT2D eigenvalue weighted by Gasteiger charge is -2.21. The smallest absolute Gasteiger partial charge is 0.165 e. The fourth-order valence-corrected chi connectivity index (χ4v) is 3.99. The number of hydrogen-bond acceptors (Lipinski definition) is 7. The van der Waals surface area contributed by atoms with Crippen LogP contribution >= 0.6 is 11.8 Å². The van der Waals surface area contributed by atoms with E-state index in [0.29, 0.717) is 16.6 Å². The van der Waals surface area contributed by atoms with Gasteiger partial charge in [-0.05, 0) is 43.3 Å². The minimum atomic E-state index is -0.734. The molecule has 2 aromatic carbocycles. The van der Waals surface area contributed by atoms with Gasteiger partial charge in [0.25, 0.3) is 0 Å². The Kier molecular flexibility index (Phi) is 5.90. The van der Waals surface area contributed by atoms with Crippen LogP contribution in [0.2, 0.25) is 0 Å². The summed E-state index contributed by atoms with van der Waals surface area (Å²) < 4.78 is 5.87. The van der Waals surface area contributed by atoms with Crippen LogP contribution < -0.4 is 10.7 Å². The first-order valence-electron chi connectivity index (χ1n) is 9.63. The van der Waals surface area contributed by atoms with Crippen LogP contribution in [-0.2, 0) is 0 Å². The van der Waals surface area contributed by atoms with E-state index in [2.05, 4.69) is 17.2 Å². The molecule has 1 aliphatic heterocycles. The monoisotopic (exact) mass is 425 g/mol. The Balaban J connectivity index is 1.60. The molecule has 0 fully saturated rings. The number of anilines is 1. The maximum Gasteiger partial charge on any atom is 0.165 e. The Bertz CT molecular complexity index is 1220. The molecule has 0 unspecified atom stereocenters. The first-order valence-corrected chi connectivity index (χ1v) is 10.4. The molecule has 7 heteroatoms. The molecular formula is C24H19N5OS. The summed E-state index contributed by atoms with van der Waals surface area (Å²) in [5, 5.41) is 26.2. The third-order valence-electron chi connectivity index (χ3n) is 4.82. The molecule has 152 valence electrons. The molecule has 0 spiro atoms. The molecule has 31 heavy (non-hydrogen) atoms. The molecule has 0 amide bonds. The fourth-order valence-electron chi connectivity index (χ4n) is 3.21. The summed E-state index contributed by atoms with van der Waals surface area (Å²) in [6, 6.07) is 25.5. The van der Waals surface area contributed by atoms with Crippen molar-refractivity contribution in [2.75, 3.05) is 5.01 Å². The van der Waals surface area contributed by atoms with Crippen molar-refractivity contribution < 1.29 is 4.42 Å². The first kappa shape index (κ1) is 20.5. The third kappa shape index (κ3) is 4.39. The zero-order chi connectivity index (χ0) is 21.8. The molecule has 4 rings (SSSR count). The lowest BCUT2D eigenvalue weighted by molar-refractivity contribution is 0.466. The number of nitrogens with zero attached hydrogens (tertiary/aromatic N) is 4. The molecule has 6 nitrogen and oxygen atoms in total. The van der Waals surface area contributed by atoms with Gasteiger partial charge in [-0.1, -0.05) is 47.7 Å². The van der Waals surface area contributed by atoms with Crippen molar-refractivity contribution in [2.24, 2.45) is 16.8 Å². The number of allylic oxidation sites excluding steroid dienone is 1. The standard InChI is InChI=1S/C24H19N5OS/c1-16-7-10-20(11-8-16)31-22-12-9-19(30-22)13-17(14-25)23-21(15-26)24(27)29(28-23)18-5-3-2-4-6-18/h2-13,21,24H,27H2,1H3/b17-13-/t21-,24-/m1/s1. The summed E-state index contributed by atoms with van der Waals surface area (Å²) in [6.45, 7) is 2.04. The number of para-hydroxylation sites is 1. The normalized spacial score (nSPS) is 18.4. The Hall–Kier alpha value is -3.78. The highest BCUT2D eigenvalue weighted by atomic mass is 32.2. The number of hydrogen-bond donors (Lipinski definition) is 1. The number of nitriles is 2. The highest BCUT2D eigenvalue weighted by Crippen LogP contribution is 2.32. The van der Waals surface area contributed by atoms with E-state index in [4.69, 9.17) is 10.2 Å². The molecule has 0 aliphatic carbocycles. The Morgan fingerprint density at radius 2 is 1.84 bits per heavy atom. The van der Waals surface area contributed by atoms with Crippen molar-refractivity contribution in [1.82, 2.24) is 0 Å². The summed E-state index contributed by atoms with van der Waals surface area (Å²) >= 11 is 1.50. The lowest BCUT2D eigenvalue weighted by Crippen LogP contribution is -2.40. The fraction of sp³-hybridized carbons (Fsp3) is 0.125. The van der Waals surface area contributed by atoms with Crippen molar-refractivity contribution in [3.8, 4) is 12.1 Å². The van der Waals surface area contributed by atoms with Crippen LogP contribution in [0.15, 0.2) is 91.8 Å². The van der Waals surface area contributed by atoms with Crippen LogP contribution in [-0.4, -0.2) is 11.9 Å². The van der Waals surface area contributed by atoms with Gasteiger partial charge in [-0.2, -0.15) is 15.6 Å². The van der Waals surface area contributed by atoms with Gasteiger partial charge in [-0.25, -0.2) is 5.01 Å². The second-order valence-electron chi connectivity index (χ2n) is 7.00. The summed E-state index contributed by atoms with van der Waals surface area (Å²) in [5.74, 6) is -0.222. The molecule has 2 N–H and O–H groups in total. The number of hydrazone groups is 1. The Labute approximate surface area is 184 Å². The topological polar surface area (TPSA) is 102 Å². The van der Waals surface area contributed by atoms with Crippen LogP contribution in [0.25, 0.3) is 6.08 Å². The highest BCUT2D eigenvalue weighted by Gasteiger charge is 2.37. The lowest BCUT2D eigenvalue weighted by atomic mass is 9.96. The van der Waals surface area contributed by atoms with Gasteiger partial charge in [0.1, 0.15) is 23.9 Å². The Morgan fingerprint density at radius 3 is 2.52 bits per heavy atom. The molecule has 2 atom stereocenters. The van der Waals surface area contributed by atoms with Crippen molar-refractivity contribution in [2.45, 2.75) is 23.1 Å². The van der Waals surface area contributed by atoms with Gasteiger partial charge in [-0.15, -0.1) is 0 Å². The highest BCUT2D eigenvalue weighted by molar-refractivity contribution is 7.99. The third-order valence-corrected chi connectivity index (χ3v) is 5.75. The number of rotatable bonds is 5. The molecule has 0 saturated heterocycles. The van der Waals surface area contributed by atoms with E-state index in [1.807, 2.05) is 67.6 Å². The quantitative estimate of drug-likeness (QED) is 0.581. The van der Waals surface area contributed by atoms with Gasteiger partial charge in [0.05, 0.1) is 23.0 Å². The van der Waals surface area contributed by atoms with Crippen LogP contribution in [0.1, 0.15) is 11.3 Å². The van der Waals surface area contributed by atoms with Crippen LogP contribution in [0, 0.1) is 35.5 Å². The molecule has 1 aromatic heterocycles. The number of benzene rings is 2. The summed E-state index contributed by atoms with van der Waals surface area (Å²) in [7, 11) is 0. The molecular weight excluding hydrogens is 406 g/mol.